The van der Waals surface area contributed by atoms with Crippen LogP contribution in [0.25, 0.3) is 0 Å². The summed E-state index contributed by atoms with van der Waals surface area (Å²) in [5, 5.41) is 3.13. The molecule has 0 aliphatic carbocycles. The molecule has 0 fully saturated rings. The molecule has 40 valence electrons. The van der Waals surface area contributed by atoms with E-state index < -0.39 is 0 Å². The summed E-state index contributed by atoms with van der Waals surface area (Å²) in [4.78, 5) is 8.09. The van der Waals surface area contributed by atoms with E-state index in [-0.39, 0.29) is 0 Å². The van der Waals surface area contributed by atoms with Crippen molar-refractivity contribution in [2.24, 2.45) is 10.1 Å². The minimum absolute atomic E-state index is 0.523. The fourth-order valence-electron chi connectivity index (χ4n) is 0.134. The van der Waals surface area contributed by atoms with Gasteiger partial charge in [-0.15, -0.1) is 0 Å². The highest BCUT2D eigenvalue weighted by Crippen LogP contribution is 1.76. The summed E-state index contributed by atoms with van der Waals surface area (Å²) in [6.07, 6.45) is 0. The van der Waals surface area contributed by atoms with Gasteiger partial charge in [0, 0.05) is 20.7 Å². The third kappa shape index (κ3) is 2.96. The maximum absolute atomic E-state index is 4.45. The van der Waals surface area contributed by atoms with Gasteiger partial charge in [0.1, 0.15) is 0 Å². The van der Waals surface area contributed by atoms with E-state index in [4.69, 9.17) is 0 Å². The van der Waals surface area contributed by atoms with E-state index in [1.807, 2.05) is 0 Å². The lowest BCUT2D eigenvalue weighted by molar-refractivity contribution is 0.329. The standard InChI is InChI=1S/C4H8N2O/c1-4(5-2)7-6-3/h3H2,1-2H3. The molecule has 3 heteroatoms. The minimum atomic E-state index is 0.523. The van der Waals surface area contributed by atoms with Gasteiger partial charge in [-0.2, -0.15) is 0 Å². The topological polar surface area (TPSA) is 34.0 Å². The minimum Gasteiger partial charge on any atom is -0.343 e. The molecule has 0 aliphatic rings. The molecule has 0 N–H and O–H groups in total. The van der Waals surface area contributed by atoms with Gasteiger partial charge in [0.2, 0.25) is 5.90 Å². The van der Waals surface area contributed by atoms with Crippen molar-refractivity contribution in [1.82, 2.24) is 0 Å². The molecule has 0 aromatic heterocycles. The van der Waals surface area contributed by atoms with Gasteiger partial charge < -0.3 is 4.84 Å². The summed E-state index contributed by atoms with van der Waals surface area (Å²) in [5.74, 6) is 0.523. The maximum Gasteiger partial charge on any atom is 0.216 e. The Morgan fingerprint density at radius 1 is 1.71 bits per heavy atom. The number of aliphatic imine (C=N–C) groups is 1. The van der Waals surface area contributed by atoms with Gasteiger partial charge in [-0.1, -0.05) is 5.16 Å². The Bertz CT molecular complexity index is 87.7. The van der Waals surface area contributed by atoms with E-state index in [9.17, 15) is 0 Å². The van der Waals surface area contributed by atoms with Gasteiger partial charge in [0.15, 0.2) is 0 Å². The smallest absolute Gasteiger partial charge is 0.216 e. The van der Waals surface area contributed by atoms with Crippen LogP contribution in [0, 0.1) is 0 Å². The highest BCUT2D eigenvalue weighted by atomic mass is 16.6. The molecule has 0 heterocycles. The fourth-order valence-corrected chi connectivity index (χ4v) is 0.134. The Morgan fingerprint density at radius 3 is 2.43 bits per heavy atom. The molecule has 0 amide bonds. The van der Waals surface area contributed by atoms with Crippen molar-refractivity contribution in [2.75, 3.05) is 7.05 Å². The summed E-state index contributed by atoms with van der Waals surface area (Å²) in [6.45, 7) is 4.80. The molecular formula is C4H8N2O. The lowest BCUT2D eigenvalue weighted by Gasteiger charge is -1.88. The van der Waals surface area contributed by atoms with Crippen molar-refractivity contribution in [2.45, 2.75) is 6.92 Å². The van der Waals surface area contributed by atoms with Crippen LogP contribution in [0.5, 0.6) is 0 Å². The monoisotopic (exact) mass is 100 g/mol. The van der Waals surface area contributed by atoms with E-state index in [1.54, 1.807) is 14.0 Å². The van der Waals surface area contributed by atoms with Crippen molar-refractivity contribution >= 4 is 12.6 Å². The Hall–Kier alpha value is -0.860. The summed E-state index contributed by atoms with van der Waals surface area (Å²) >= 11 is 0. The highest BCUT2D eigenvalue weighted by Gasteiger charge is 1.79. The van der Waals surface area contributed by atoms with Crippen LogP contribution in [-0.2, 0) is 4.84 Å². The second kappa shape index (κ2) is 3.33. The number of nitrogens with zero attached hydrogens (tertiary/aromatic N) is 2. The molecule has 3 nitrogen and oxygen atoms in total. The number of oxime groups is 1. The Kier molecular flexibility index (Phi) is 2.92. The number of rotatable bonds is 1. The number of hydrogen-bond donors (Lipinski definition) is 0. The molecule has 0 saturated heterocycles. The second-order valence-electron chi connectivity index (χ2n) is 0.963. The third-order valence-electron chi connectivity index (χ3n) is 0.512. The molecule has 0 aromatic carbocycles. The summed E-state index contributed by atoms with van der Waals surface area (Å²) < 4.78 is 0. The van der Waals surface area contributed by atoms with E-state index in [0.717, 1.165) is 0 Å². The molecule has 0 atom stereocenters. The molecule has 0 radical (unpaired) electrons. The largest absolute Gasteiger partial charge is 0.343 e. The van der Waals surface area contributed by atoms with Gasteiger partial charge in [0.05, 0.1) is 0 Å². The molecule has 7 heavy (non-hydrogen) atoms. The van der Waals surface area contributed by atoms with Gasteiger partial charge in [-0.25, -0.2) is 0 Å². The van der Waals surface area contributed by atoms with Gasteiger partial charge in [0.25, 0.3) is 0 Å². The SMILES string of the molecule is C=NOC(C)=NC. The van der Waals surface area contributed by atoms with Gasteiger partial charge in [-0.3, -0.25) is 4.99 Å². The predicted octanol–water partition coefficient (Wildman–Crippen LogP) is 0.667. The van der Waals surface area contributed by atoms with Crippen LogP contribution in [0.1, 0.15) is 6.92 Å². The van der Waals surface area contributed by atoms with Crippen LogP contribution >= 0.6 is 0 Å². The first-order valence-electron chi connectivity index (χ1n) is 1.87. The zero-order valence-electron chi connectivity index (χ0n) is 4.51. The zero-order valence-corrected chi connectivity index (χ0v) is 4.51. The molecule has 0 rings (SSSR count). The van der Waals surface area contributed by atoms with E-state index >= 15 is 0 Å². The molecular weight excluding hydrogens is 92.1 g/mol. The maximum atomic E-state index is 4.45. The molecule has 0 saturated carbocycles. The quantitative estimate of drug-likeness (QED) is 0.271. The van der Waals surface area contributed by atoms with Crippen LogP contribution in [-0.4, -0.2) is 19.7 Å². The van der Waals surface area contributed by atoms with Crippen LogP contribution < -0.4 is 0 Å². The van der Waals surface area contributed by atoms with Crippen molar-refractivity contribution in [1.29, 1.82) is 0 Å². The first-order valence-corrected chi connectivity index (χ1v) is 1.87. The lowest BCUT2D eigenvalue weighted by Crippen LogP contribution is -1.90. The summed E-state index contributed by atoms with van der Waals surface area (Å²) in [7, 11) is 1.63. The highest BCUT2D eigenvalue weighted by molar-refractivity contribution is 5.72. The van der Waals surface area contributed by atoms with Gasteiger partial charge >= 0.3 is 0 Å². The van der Waals surface area contributed by atoms with Crippen molar-refractivity contribution in [3.63, 3.8) is 0 Å². The molecule has 0 spiro atoms. The average molecular weight is 100 g/mol. The Balaban J connectivity index is 3.36. The summed E-state index contributed by atoms with van der Waals surface area (Å²) in [6, 6.07) is 0. The Morgan fingerprint density at radius 2 is 2.29 bits per heavy atom. The first-order chi connectivity index (χ1) is 3.31. The zero-order chi connectivity index (χ0) is 5.70. The van der Waals surface area contributed by atoms with Crippen LogP contribution in [0.3, 0.4) is 0 Å². The van der Waals surface area contributed by atoms with Crippen LogP contribution in [0.4, 0.5) is 0 Å². The van der Waals surface area contributed by atoms with E-state index in [1.165, 1.54) is 0 Å². The molecule has 0 aromatic rings. The van der Waals surface area contributed by atoms with Crippen molar-refractivity contribution < 1.29 is 4.84 Å². The van der Waals surface area contributed by atoms with Crippen molar-refractivity contribution in [3.8, 4) is 0 Å². The van der Waals surface area contributed by atoms with E-state index in [0.29, 0.717) is 5.90 Å². The van der Waals surface area contributed by atoms with Crippen molar-refractivity contribution in [3.05, 3.63) is 0 Å². The van der Waals surface area contributed by atoms with Crippen LogP contribution in [0.15, 0.2) is 10.1 Å². The lowest BCUT2D eigenvalue weighted by atomic mass is 10.8. The molecule has 0 aliphatic heterocycles. The first kappa shape index (κ1) is 6.14. The predicted molar refractivity (Wildman–Crippen MR) is 29.7 cm³/mol. The van der Waals surface area contributed by atoms with Crippen LogP contribution in [0.2, 0.25) is 0 Å². The molecule has 0 bridgehead atoms. The normalized spacial score (nSPS) is 10.9. The summed E-state index contributed by atoms with van der Waals surface area (Å²) in [5.41, 5.74) is 0. The fraction of sp³-hybridized carbons (Fsp3) is 0.500. The van der Waals surface area contributed by atoms with Gasteiger partial charge in [-0.05, 0) is 0 Å². The number of hydrogen-bond acceptors (Lipinski definition) is 3. The Labute approximate surface area is 42.7 Å². The second-order valence-corrected chi connectivity index (χ2v) is 0.963. The average Bonchev–Trinajstić information content (AvgIpc) is 1.68. The third-order valence-corrected chi connectivity index (χ3v) is 0.512. The molecule has 0 unspecified atom stereocenters. The van der Waals surface area contributed by atoms with E-state index in [2.05, 4.69) is 21.7 Å².